The average Bonchev–Trinajstić information content (AvgIpc) is 3.06. The van der Waals surface area contributed by atoms with E-state index in [0.29, 0.717) is 18.8 Å². The normalized spacial score (nSPS) is 25.2. The van der Waals surface area contributed by atoms with E-state index in [1.807, 2.05) is 0 Å². The Morgan fingerprint density at radius 3 is 2.48 bits per heavy atom. The van der Waals surface area contributed by atoms with Gasteiger partial charge in [-0.05, 0) is 56.3 Å². The van der Waals surface area contributed by atoms with Crippen molar-refractivity contribution < 1.29 is 23.1 Å². The van der Waals surface area contributed by atoms with Gasteiger partial charge in [-0.1, -0.05) is 25.0 Å². The number of sulfonamides is 1. The number of aliphatic carboxylic acids is 1. The van der Waals surface area contributed by atoms with Gasteiger partial charge < -0.3 is 10.0 Å². The molecule has 3 atom stereocenters. The Hall–Kier alpha value is -1.93. The zero-order chi connectivity index (χ0) is 19.6. The minimum Gasteiger partial charge on any atom is -0.480 e. The second-order valence-corrected chi connectivity index (χ2v) is 9.24. The Bertz CT molecular complexity index is 806. The van der Waals surface area contributed by atoms with Gasteiger partial charge in [-0.25, -0.2) is 17.9 Å². The quantitative estimate of drug-likeness (QED) is 0.765. The van der Waals surface area contributed by atoms with Crippen LogP contribution in [0.25, 0.3) is 0 Å². The first-order valence-corrected chi connectivity index (χ1v) is 10.9. The summed E-state index contributed by atoms with van der Waals surface area (Å²) >= 11 is 0. The monoisotopic (exact) mass is 394 g/mol. The third-order valence-corrected chi connectivity index (χ3v) is 7.22. The molecule has 0 spiro atoms. The molecule has 2 fully saturated rings. The highest BCUT2D eigenvalue weighted by molar-refractivity contribution is 7.89. The number of aryl methyl sites for hydroxylation is 1. The summed E-state index contributed by atoms with van der Waals surface area (Å²) in [5.74, 6) is -0.738. The molecule has 0 unspecified atom stereocenters. The molecule has 2 aliphatic rings. The molecule has 1 amide bonds. The minimum atomic E-state index is -3.48. The van der Waals surface area contributed by atoms with Gasteiger partial charge in [0.05, 0.1) is 4.90 Å². The summed E-state index contributed by atoms with van der Waals surface area (Å²) in [6, 6.07) is 5.75. The zero-order valence-electron chi connectivity index (χ0n) is 15.4. The summed E-state index contributed by atoms with van der Waals surface area (Å²) in [7, 11) is -2.12. The summed E-state index contributed by atoms with van der Waals surface area (Å²) in [6.07, 6.45) is 5.28. The fourth-order valence-corrected chi connectivity index (χ4v) is 5.10. The molecule has 1 heterocycles. The molecular weight excluding hydrogens is 368 g/mol. The van der Waals surface area contributed by atoms with Gasteiger partial charge in [-0.2, -0.15) is 0 Å². The van der Waals surface area contributed by atoms with Crippen molar-refractivity contribution >= 4 is 21.9 Å². The summed E-state index contributed by atoms with van der Waals surface area (Å²) in [5, 5.41) is 9.54. The highest BCUT2D eigenvalue weighted by Gasteiger charge is 2.47. The molecule has 7 nitrogen and oxygen atoms in total. The number of nitrogens with one attached hydrogen (secondary N) is 1. The third kappa shape index (κ3) is 4.16. The smallest absolute Gasteiger partial charge is 0.326 e. The number of benzene rings is 1. The number of hydrogen-bond acceptors (Lipinski definition) is 4. The molecule has 1 aromatic carbocycles. The maximum absolute atomic E-state index is 12.8. The van der Waals surface area contributed by atoms with Gasteiger partial charge in [-0.15, -0.1) is 0 Å². The van der Waals surface area contributed by atoms with Crippen molar-refractivity contribution in [3.63, 3.8) is 0 Å². The second kappa shape index (κ2) is 7.98. The molecule has 8 heteroatoms. The number of amides is 1. The molecule has 2 N–H and O–H groups in total. The average molecular weight is 394 g/mol. The molecule has 1 saturated carbocycles. The molecule has 27 heavy (non-hydrogen) atoms. The second-order valence-electron chi connectivity index (χ2n) is 7.35. The van der Waals surface area contributed by atoms with Gasteiger partial charge in [0.2, 0.25) is 15.9 Å². The van der Waals surface area contributed by atoms with Gasteiger partial charge >= 0.3 is 5.97 Å². The molecule has 1 saturated heterocycles. The van der Waals surface area contributed by atoms with E-state index in [1.54, 1.807) is 17.0 Å². The highest BCUT2D eigenvalue weighted by atomic mass is 32.2. The van der Waals surface area contributed by atoms with Crippen molar-refractivity contribution in [2.45, 2.75) is 61.9 Å². The first-order valence-electron chi connectivity index (χ1n) is 9.40. The topological polar surface area (TPSA) is 104 Å². The van der Waals surface area contributed by atoms with E-state index in [9.17, 15) is 23.1 Å². The lowest BCUT2D eigenvalue weighted by Crippen LogP contribution is -2.46. The summed E-state index contributed by atoms with van der Waals surface area (Å²) in [6.45, 7) is 0. The Morgan fingerprint density at radius 2 is 1.85 bits per heavy atom. The van der Waals surface area contributed by atoms with Crippen molar-refractivity contribution in [3.8, 4) is 0 Å². The van der Waals surface area contributed by atoms with Crippen LogP contribution in [0.4, 0.5) is 0 Å². The van der Waals surface area contributed by atoms with Crippen LogP contribution in [-0.4, -0.2) is 49.4 Å². The number of carboxylic acids is 1. The highest BCUT2D eigenvalue weighted by Crippen LogP contribution is 2.40. The first-order chi connectivity index (χ1) is 12.8. The van der Waals surface area contributed by atoms with Crippen LogP contribution in [0.15, 0.2) is 29.2 Å². The fourth-order valence-electron chi connectivity index (χ4n) is 4.37. The number of fused-ring (bicyclic) bond motifs is 1. The van der Waals surface area contributed by atoms with E-state index >= 15 is 0 Å². The lowest BCUT2D eigenvalue weighted by molar-refractivity contribution is -0.149. The summed E-state index contributed by atoms with van der Waals surface area (Å²) in [5.41, 5.74) is 0.852. The van der Waals surface area contributed by atoms with E-state index in [-0.39, 0.29) is 23.3 Å². The number of carbonyl (C=O) groups excluding carboxylic acids is 1. The number of carboxylic acid groups (broad SMARTS) is 1. The predicted molar refractivity (Wildman–Crippen MR) is 99.6 cm³/mol. The van der Waals surface area contributed by atoms with Gasteiger partial charge in [0.15, 0.2) is 0 Å². The van der Waals surface area contributed by atoms with E-state index in [2.05, 4.69) is 4.72 Å². The number of nitrogens with zero attached hydrogens (tertiary/aromatic N) is 1. The van der Waals surface area contributed by atoms with Crippen LogP contribution in [0.5, 0.6) is 0 Å². The van der Waals surface area contributed by atoms with Crippen LogP contribution < -0.4 is 4.72 Å². The lowest BCUT2D eigenvalue weighted by Gasteiger charge is -2.33. The Morgan fingerprint density at radius 1 is 1.19 bits per heavy atom. The summed E-state index contributed by atoms with van der Waals surface area (Å²) in [4.78, 5) is 26.2. The maximum atomic E-state index is 12.8. The lowest BCUT2D eigenvalue weighted by atomic mass is 9.84. The number of rotatable bonds is 6. The summed E-state index contributed by atoms with van der Waals surface area (Å²) < 4.78 is 25.8. The largest absolute Gasteiger partial charge is 0.480 e. The minimum absolute atomic E-state index is 0.0514. The maximum Gasteiger partial charge on any atom is 0.326 e. The van der Waals surface area contributed by atoms with Crippen molar-refractivity contribution in [2.24, 2.45) is 5.92 Å². The zero-order valence-corrected chi connectivity index (χ0v) is 16.2. The van der Waals surface area contributed by atoms with E-state index in [0.717, 1.165) is 31.2 Å². The van der Waals surface area contributed by atoms with Gasteiger partial charge in [0.25, 0.3) is 0 Å². The predicted octanol–water partition coefficient (Wildman–Crippen LogP) is 1.77. The first kappa shape index (κ1) is 19.8. The molecule has 1 aromatic rings. The van der Waals surface area contributed by atoms with E-state index in [1.165, 1.54) is 19.2 Å². The van der Waals surface area contributed by atoms with Gasteiger partial charge in [0, 0.05) is 12.5 Å². The molecular formula is C19H26N2O5S. The number of hydrogen-bond donors (Lipinski definition) is 2. The van der Waals surface area contributed by atoms with Crippen LogP contribution >= 0.6 is 0 Å². The van der Waals surface area contributed by atoms with E-state index in [4.69, 9.17) is 0 Å². The molecule has 0 aromatic heterocycles. The van der Waals surface area contributed by atoms with Crippen LogP contribution in [0.1, 0.15) is 44.1 Å². The van der Waals surface area contributed by atoms with E-state index < -0.39 is 22.0 Å². The van der Waals surface area contributed by atoms with Crippen molar-refractivity contribution in [2.75, 3.05) is 7.05 Å². The van der Waals surface area contributed by atoms with Crippen molar-refractivity contribution in [1.29, 1.82) is 0 Å². The molecule has 3 rings (SSSR count). The van der Waals surface area contributed by atoms with Crippen molar-refractivity contribution in [1.82, 2.24) is 9.62 Å². The SMILES string of the molecule is CNS(=O)(=O)c1ccc(CCC(=O)N2[C@H](C(=O)O)C[C@@H]3CCCC[C@@H]32)cc1. The van der Waals surface area contributed by atoms with Gasteiger partial charge in [0.1, 0.15) is 6.04 Å². The van der Waals surface area contributed by atoms with Crippen LogP contribution in [-0.2, 0) is 26.0 Å². The third-order valence-electron chi connectivity index (χ3n) is 5.79. The Balaban J connectivity index is 1.66. The Labute approximate surface area is 159 Å². The van der Waals surface area contributed by atoms with Crippen LogP contribution in [0.3, 0.4) is 0 Å². The van der Waals surface area contributed by atoms with Gasteiger partial charge in [-0.3, -0.25) is 4.79 Å². The molecule has 0 radical (unpaired) electrons. The van der Waals surface area contributed by atoms with Crippen LogP contribution in [0.2, 0.25) is 0 Å². The number of likely N-dealkylation sites (tertiary alicyclic amines) is 1. The fraction of sp³-hybridized carbons (Fsp3) is 0.579. The van der Waals surface area contributed by atoms with Crippen molar-refractivity contribution in [3.05, 3.63) is 29.8 Å². The molecule has 148 valence electrons. The standard InChI is InChI=1S/C19H26N2O5S/c1-20-27(25,26)15-9-6-13(7-10-15)8-11-18(22)21-16-5-3-2-4-14(16)12-17(21)19(23)24/h6-7,9-10,14,16-17,20H,2-5,8,11-12H2,1H3,(H,23,24)/t14-,16-,17-/m0/s1. The molecule has 1 aliphatic heterocycles. The Kier molecular flexibility index (Phi) is 5.86. The molecule has 1 aliphatic carbocycles. The van der Waals surface area contributed by atoms with Crippen LogP contribution in [0, 0.1) is 5.92 Å². The molecule has 0 bridgehead atoms. The number of carbonyl (C=O) groups is 2.